The molecular weight excluding hydrogens is 544 g/mol. The van der Waals surface area contributed by atoms with Crippen LogP contribution >= 0.6 is 0 Å². The maximum Gasteiger partial charge on any atom is 0.135 e. The molecule has 0 fully saturated rings. The maximum atomic E-state index is 9.32. The quantitative estimate of drug-likeness (QED) is 0.189. The zero-order chi connectivity index (χ0) is 37.3. The van der Waals surface area contributed by atoms with Crippen LogP contribution < -0.4 is 4.74 Å². The Labute approximate surface area is 273 Å². The van der Waals surface area contributed by atoms with Crippen LogP contribution in [0.3, 0.4) is 0 Å². The van der Waals surface area contributed by atoms with Gasteiger partial charge < -0.3 is 4.74 Å². The van der Waals surface area contributed by atoms with E-state index in [2.05, 4.69) is 24.3 Å². The van der Waals surface area contributed by atoms with E-state index in [1.165, 1.54) is 0 Å². The first-order valence-corrected chi connectivity index (χ1v) is 14.8. The fraction of sp³-hybridized carbons (Fsp3) is 0. The fourth-order valence-electron chi connectivity index (χ4n) is 6.82. The lowest BCUT2D eigenvalue weighted by atomic mass is 9.86. The number of rotatable bonds is 3. The molecule has 0 amide bonds. The van der Waals surface area contributed by atoms with Gasteiger partial charge in [0.1, 0.15) is 11.5 Å². The highest BCUT2D eigenvalue weighted by Crippen LogP contribution is 2.48. The van der Waals surface area contributed by atoms with Crippen LogP contribution in [0.4, 0.5) is 0 Å². The Morgan fingerprint density at radius 2 is 1.09 bits per heavy atom. The summed E-state index contributed by atoms with van der Waals surface area (Å²) in [6.45, 7) is 0. The van der Waals surface area contributed by atoms with Crippen molar-refractivity contribution < 1.29 is 17.1 Å². The third-order valence-electron chi connectivity index (χ3n) is 8.87. The zero-order valence-electron chi connectivity index (χ0n) is 32.7. The van der Waals surface area contributed by atoms with Gasteiger partial charge in [-0.25, -0.2) is 0 Å². The highest BCUT2D eigenvalue weighted by molar-refractivity contribution is 6.25. The molecular formula is C44H26O. The molecule has 0 bridgehead atoms. The molecule has 1 aliphatic heterocycles. The molecule has 0 radical (unpaired) electrons. The minimum atomic E-state index is -0.494. The SMILES string of the molecule is [2H]c1c([2H])c2c([2H])c([2H])c3c([2H])c([2H])c(-c4ccc(-c5ccc6c(c5)-c5cccc7cccc(c57)O6)c(-c5ccccc5)c4)c4c([2H])c([2H])c(c1[2H])c2c34. The van der Waals surface area contributed by atoms with E-state index in [9.17, 15) is 4.11 Å². The lowest BCUT2D eigenvalue weighted by molar-refractivity contribution is 0.487. The molecule has 1 heteroatoms. The molecule has 45 heavy (non-hydrogen) atoms. The van der Waals surface area contributed by atoms with Crippen LogP contribution in [0.1, 0.15) is 12.3 Å². The van der Waals surface area contributed by atoms with Crippen LogP contribution in [0.2, 0.25) is 0 Å². The maximum absolute atomic E-state index is 9.32. The highest BCUT2D eigenvalue weighted by Gasteiger charge is 2.21. The molecule has 0 aliphatic carbocycles. The van der Waals surface area contributed by atoms with Crippen molar-refractivity contribution in [3.63, 3.8) is 0 Å². The van der Waals surface area contributed by atoms with Crippen molar-refractivity contribution in [1.82, 2.24) is 0 Å². The molecule has 0 aromatic heterocycles. The van der Waals surface area contributed by atoms with Gasteiger partial charge in [-0.2, -0.15) is 0 Å². The molecule has 0 N–H and O–H groups in total. The predicted octanol–water partition coefficient (Wildman–Crippen LogP) is 12.5. The molecule has 9 aromatic rings. The molecule has 1 heterocycles. The van der Waals surface area contributed by atoms with Crippen LogP contribution in [-0.2, 0) is 0 Å². The molecule has 0 unspecified atom stereocenters. The topological polar surface area (TPSA) is 9.23 Å². The smallest absolute Gasteiger partial charge is 0.135 e. The zero-order valence-corrected chi connectivity index (χ0v) is 23.7. The van der Waals surface area contributed by atoms with Crippen LogP contribution in [0.15, 0.2) is 158 Å². The van der Waals surface area contributed by atoms with Gasteiger partial charge in [-0.1, -0.05) is 133 Å². The first kappa shape index (κ1) is 17.4. The van der Waals surface area contributed by atoms with E-state index >= 15 is 0 Å². The van der Waals surface area contributed by atoms with Gasteiger partial charge in [0, 0.05) is 10.9 Å². The Morgan fingerprint density at radius 1 is 0.378 bits per heavy atom. The van der Waals surface area contributed by atoms with Crippen molar-refractivity contribution in [2.75, 3.05) is 0 Å². The van der Waals surface area contributed by atoms with Crippen LogP contribution in [-0.4, -0.2) is 0 Å². The van der Waals surface area contributed by atoms with Crippen LogP contribution in [0, 0.1) is 0 Å². The Kier molecular flexibility index (Phi) is 3.59. The normalized spacial score (nSPS) is 15.0. The summed E-state index contributed by atoms with van der Waals surface area (Å²) in [6.07, 6.45) is 0. The summed E-state index contributed by atoms with van der Waals surface area (Å²) >= 11 is 0. The van der Waals surface area contributed by atoms with E-state index in [1.807, 2.05) is 78.9 Å². The fourth-order valence-corrected chi connectivity index (χ4v) is 6.82. The second kappa shape index (κ2) is 9.29. The van der Waals surface area contributed by atoms with Gasteiger partial charge in [0.2, 0.25) is 0 Å². The van der Waals surface area contributed by atoms with Crippen LogP contribution in [0.25, 0.3) is 87.6 Å². The second-order valence-electron chi connectivity index (χ2n) is 11.3. The molecule has 0 atom stereocenters. The van der Waals surface area contributed by atoms with Crippen molar-refractivity contribution in [1.29, 1.82) is 0 Å². The lowest BCUT2D eigenvalue weighted by Crippen LogP contribution is -1.97. The molecule has 208 valence electrons. The third-order valence-corrected chi connectivity index (χ3v) is 8.87. The molecule has 9 aromatic carbocycles. The van der Waals surface area contributed by atoms with E-state index in [0.29, 0.717) is 5.56 Å². The molecule has 0 saturated carbocycles. The Bertz CT molecular complexity index is 3090. The monoisotopic (exact) mass is 579 g/mol. The average Bonchev–Trinajstić information content (AvgIpc) is 3.19. The Hall–Kier alpha value is -5.92. The Morgan fingerprint density at radius 3 is 1.96 bits per heavy atom. The van der Waals surface area contributed by atoms with Crippen molar-refractivity contribution in [2.45, 2.75) is 0 Å². The Balaban J connectivity index is 1.27. The summed E-state index contributed by atoms with van der Waals surface area (Å²) in [5.41, 5.74) is 6.30. The molecule has 1 nitrogen and oxygen atoms in total. The highest BCUT2D eigenvalue weighted by atomic mass is 16.5. The molecule has 0 saturated heterocycles. The van der Waals surface area contributed by atoms with Gasteiger partial charge >= 0.3 is 0 Å². The summed E-state index contributed by atoms with van der Waals surface area (Å²) in [5.74, 6) is 1.56. The minimum Gasteiger partial charge on any atom is -0.456 e. The van der Waals surface area contributed by atoms with Crippen LogP contribution in [0.5, 0.6) is 11.5 Å². The largest absolute Gasteiger partial charge is 0.456 e. The van der Waals surface area contributed by atoms with Gasteiger partial charge in [-0.3, -0.25) is 0 Å². The summed E-state index contributed by atoms with van der Waals surface area (Å²) in [5, 5.41) is 2.42. The first-order valence-electron chi connectivity index (χ1n) is 19.3. The average molecular weight is 580 g/mol. The van der Waals surface area contributed by atoms with E-state index in [-0.39, 0.29) is 62.1 Å². The van der Waals surface area contributed by atoms with E-state index in [0.717, 1.165) is 55.7 Å². The lowest BCUT2D eigenvalue weighted by Gasteiger charge is -2.22. The van der Waals surface area contributed by atoms with E-state index < -0.39 is 30.2 Å². The molecule has 10 rings (SSSR count). The number of benzene rings is 9. The van der Waals surface area contributed by atoms with Gasteiger partial charge in [0.05, 0.1) is 12.3 Å². The van der Waals surface area contributed by atoms with Gasteiger partial charge in [-0.05, 0) is 101 Å². The first-order chi connectivity index (χ1) is 26.1. The predicted molar refractivity (Wildman–Crippen MR) is 189 cm³/mol. The van der Waals surface area contributed by atoms with Crippen molar-refractivity contribution >= 4 is 43.1 Å². The number of hydrogen-bond donors (Lipinski definition) is 0. The number of ether oxygens (including phenoxy) is 1. The summed E-state index contributed by atoms with van der Waals surface area (Å²) in [4.78, 5) is 0. The van der Waals surface area contributed by atoms with Crippen molar-refractivity contribution in [2.24, 2.45) is 0 Å². The number of hydrogen-bond acceptors (Lipinski definition) is 1. The molecule has 0 spiro atoms. The summed E-state index contributed by atoms with van der Waals surface area (Å²) in [7, 11) is 0. The van der Waals surface area contributed by atoms with Crippen molar-refractivity contribution in [3.8, 4) is 56.0 Å². The second-order valence-corrected chi connectivity index (χ2v) is 11.3. The minimum absolute atomic E-state index is 0.0425. The van der Waals surface area contributed by atoms with E-state index in [4.69, 9.17) is 13.0 Å². The van der Waals surface area contributed by atoms with Gasteiger partial charge in [-0.15, -0.1) is 0 Å². The van der Waals surface area contributed by atoms with Crippen molar-refractivity contribution in [3.05, 3.63) is 158 Å². The molecule has 1 aliphatic rings. The third kappa shape index (κ3) is 3.62. The van der Waals surface area contributed by atoms with E-state index in [1.54, 1.807) is 0 Å². The summed E-state index contributed by atoms with van der Waals surface area (Å²) in [6, 6.07) is 30.5. The standard InChI is InChI=1S/C44H26O/c1-2-7-27(8-3-1)38-25-32(34-21-17-31-16-15-29-9-4-10-30-18-23-37(34)44(31)42(29)30)19-22-35(38)33-20-24-40-39(26-33)36-13-5-11-28-12-6-14-41(45-40)43(28)36/h1-26H/i4D,9D,10D,15D,16D,17D,18D,21D,23D. The number of fused-ring (bicyclic) bond motifs is 2. The summed E-state index contributed by atoms with van der Waals surface area (Å²) < 4.78 is 86.7. The van der Waals surface area contributed by atoms with Gasteiger partial charge in [0.15, 0.2) is 0 Å². The van der Waals surface area contributed by atoms with Gasteiger partial charge in [0.25, 0.3) is 0 Å².